The molecule has 2 aromatic rings. The number of carbonyl (C=O) groups excluding carboxylic acids is 2. The summed E-state index contributed by atoms with van der Waals surface area (Å²) >= 11 is 0. The third-order valence-corrected chi connectivity index (χ3v) is 3.78. The number of amides is 2. The highest BCUT2D eigenvalue weighted by Gasteiger charge is 2.33. The summed E-state index contributed by atoms with van der Waals surface area (Å²) in [6.07, 6.45) is -4.58. The first kappa shape index (κ1) is 21.1. The van der Waals surface area contributed by atoms with Gasteiger partial charge in [-0.25, -0.2) is 0 Å². The van der Waals surface area contributed by atoms with Crippen molar-refractivity contribution in [3.63, 3.8) is 0 Å². The fraction of sp³-hybridized carbons (Fsp3) is 0.263. The zero-order valence-corrected chi connectivity index (χ0v) is 15.5. The number of para-hydroxylation sites is 1. The minimum absolute atomic E-state index is 0.268. The highest BCUT2D eigenvalue weighted by molar-refractivity contribution is 5.97. The molecule has 2 amide bonds. The molecule has 6 nitrogen and oxygen atoms in total. The monoisotopic (exact) mass is 395 g/mol. The summed E-state index contributed by atoms with van der Waals surface area (Å²) < 4.78 is 44.3. The fourth-order valence-corrected chi connectivity index (χ4v) is 2.47. The maximum Gasteiger partial charge on any atom is 0.418 e. The van der Waals surface area contributed by atoms with Gasteiger partial charge in [-0.2, -0.15) is 13.2 Å². The second-order valence-corrected chi connectivity index (χ2v) is 5.99. The van der Waals surface area contributed by atoms with Crippen molar-refractivity contribution in [2.75, 3.05) is 23.1 Å². The largest absolute Gasteiger partial charge is 0.494 e. The summed E-state index contributed by atoms with van der Waals surface area (Å²) in [6, 6.07) is 8.69. The molecular weight excluding hydrogens is 375 g/mol. The van der Waals surface area contributed by atoms with Crippen LogP contribution in [0.1, 0.15) is 19.4 Å². The van der Waals surface area contributed by atoms with Crippen LogP contribution in [0.5, 0.6) is 5.75 Å². The average molecular weight is 395 g/mol. The predicted molar refractivity (Wildman–Crippen MR) is 100 cm³/mol. The molecule has 2 rings (SSSR count). The summed E-state index contributed by atoms with van der Waals surface area (Å²) in [5.74, 6) is -0.535. The van der Waals surface area contributed by atoms with Gasteiger partial charge in [0.15, 0.2) is 0 Å². The topological polar surface area (TPSA) is 79.5 Å². The van der Waals surface area contributed by atoms with Crippen molar-refractivity contribution >= 4 is 28.9 Å². The van der Waals surface area contributed by atoms with Crippen molar-refractivity contribution in [3.8, 4) is 5.75 Å². The first-order valence-electron chi connectivity index (χ1n) is 8.31. The van der Waals surface area contributed by atoms with E-state index in [1.165, 1.54) is 39.2 Å². The van der Waals surface area contributed by atoms with Gasteiger partial charge in [-0.1, -0.05) is 12.1 Å². The van der Waals surface area contributed by atoms with E-state index in [9.17, 15) is 22.8 Å². The van der Waals surface area contributed by atoms with E-state index in [0.29, 0.717) is 17.1 Å². The van der Waals surface area contributed by atoms with Gasteiger partial charge in [-0.05, 0) is 31.2 Å². The Labute approximate surface area is 160 Å². The Morgan fingerprint density at radius 1 is 1.04 bits per heavy atom. The Morgan fingerprint density at radius 3 is 2.32 bits per heavy atom. The molecule has 3 N–H and O–H groups in total. The number of nitrogens with one attached hydrogen (secondary N) is 3. The highest BCUT2D eigenvalue weighted by atomic mass is 19.4. The molecule has 0 spiro atoms. The van der Waals surface area contributed by atoms with Crippen molar-refractivity contribution in [2.24, 2.45) is 0 Å². The third kappa shape index (κ3) is 5.38. The van der Waals surface area contributed by atoms with Crippen molar-refractivity contribution in [3.05, 3.63) is 48.0 Å². The second kappa shape index (κ2) is 8.64. The summed E-state index contributed by atoms with van der Waals surface area (Å²) in [5, 5.41) is 7.79. The molecule has 0 aromatic heterocycles. The van der Waals surface area contributed by atoms with Crippen LogP contribution in [0.2, 0.25) is 0 Å². The van der Waals surface area contributed by atoms with Crippen LogP contribution in [0, 0.1) is 0 Å². The van der Waals surface area contributed by atoms with Gasteiger partial charge in [-0.15, -0.1) is 0 Å². The molecule has 0 heterocycles. The molecule has 0 saturated heterocycles. The molecule has 2 aromatic carbocycles. The average Bonchev–Trinajstić information content (AvgIpc) is 2.62. The highest BCUT2D eigenvalue weighted by Crippen LogP contribution is 2.34. The van der Waals surface area contributed by atoms with Gasteiger partial charge in [0.25, 0.3) is 0 Å². The lowest BCUT2D eigenvalue weighted by Crippen LogP contribution is -2.32. The zero-order valence-electron chi connectivity index (χ0n) is 15.5. The Balaban J connectivity index is 2.12. The van der Waals surface area contributed by atoms with Gasteiger partial charge in [0.05, 0.1) is 24.0 Å². The molecule has 0 saturated carbocycles. The Morgan fingerprint density at radius 2 is 1.71 bits per heavy atom. The molecule has 0 aliphatic carbocycles. The van der Waals surface area contributed by atoms with Crippen LogP contribution in [0.25, 0.3) is 0 Å². The Kier molecular flexibility index (Phi) is 6.50. The first-order chi connectivity index (χ1) is 13.1. The van der Waals surface area contributed by atoms with E-state index in [2.05, 4.69) is 16.0 Å². The van der Waals surface area contributed by atoms with Crippen LogP contribution in [0.15, 0.2) is 42.5 Å². The van der Waals surface area contributed by atoms with Crippen LogP contribution in [-0.4, -0.2) is 25.0 Å². The van der Waals surface area contributed by atoms with Crippen molar-refractivity contribution in [1.82, 2.24) is 0 Å². The third-order valence-electron chi connectivity index (χ3n) is 3.78. The number of carbonyl (C=O) groups is 2. The maximum atomic E-state index is 13.0. The predicted octanol–water partition coefficient (Wildman–Crippen LogP) is 4.11. The number of alkyl halides is 3. The van der Waals surface area contributed by atoms with E-state index in [1.54, 1.807) is 18.2 Å². The van der Waals surface area contributed by atoms with Crippen LogP contribution in [-0.2, 0) is 15.8 Å². The van der Waals surface area contributed by atoms with E-state index >= 15 is 0 Å². The summed E-state index contributed by atoms with van der Waals surface area (Å²) in [7, 11) is 1.43. The van der Waals surface area contributed by atoms with Gasteiger partial charge in [0.1, 0.15) is 11.8 Å². The number of ether oxygens (including phenoxy) is 1. The van der Waals surface area contributed by atoms with E-state index in [4.69, 9.17) is 4.74 Å². The van der Waals surface area contributed by atoms with Gasteiger partial charge >= 0.3 is 6.18 Å². The summed E-state index contributed by atoms with van der Waals surface area (Å²) in [5.41, 5.74) is -0.279. The van der Waals surface area contributed by atoms with Crippen molar-refractivity contribution in [1.29, 1.82) is 0 Å². The summed E-state index contributed by atoms with van der Waals surface area (Å²) in [4.78, 5) is 23.5. The number of benzene rings is 2. The van der Waals surface area contributed by atoms with E-state index < -0.39 is 23.7 Å². The summed E-state index contributed by atoms with van der Waals surface area (Å²) in [6.45, 7) is 2.87. The SMILES string of the molecule is COc1cc(NC(C)C(=O)Nc2ccccc2C(F)(F)F)ccc1NC(C)=O. The van der Waals surface area contributed by atoms with Crippen LogP contribution < -0.4 is 20.7 Å². The number of methoxy groups -OCH3 is 1. The first-order valence-corrected chi connectivity index (χ1v) is 8.31. The van der Waals surface area contributed by atoms with Crippen molar-refractivity contribution in [2.45, 2.75) is 26.1 Å². The second-order valence-electron chi connectivity index (χ2n) is 5.99. The smallest absolute Gasteiger partial charge is 0.418 e. The van der Waals surface area contributed by atoms with Gasteiger partial charge < -0.3 is 20.7 Å². The van der Waals surface area contributed by atoms with Crippen LogP contribution in [0.4, 0.5) is 30.2 Å². The van der Waals surface area contributed by atoms with Gasteiger partial charge in [-0.3, -0.25) is 9.59 Å². The standard InChI is InChI=1S/C19H20F3N3O3/c1-11(18(27)25-15-7-5-4-6-14(15)19(20,21)22)23-13-8-9-16(24-12(2)26)17(10-13)28-3/h4-11,23H,1-3H3,(H,24,26)(H,25,27). The van der Waals surface area contributed by atoms with E-state index in [1.807, 2.05) is 0 Å². The van der Waals surface area contributed by atoms with E-state index in [0.717, 1.165) is 6.07 Å². The molecule has 1 atom stereocenters. The lowest BCUT2D eigenvalue weighted by atomic mass is 10.1. The molecule has 150 valence electrons. The molecule has 0 radical (unpaired) electrons. The molecule has 0 aliphatic rings. The molecule has 0 fully saturated rings. The van der Waals surface area contributed by atoms with Crippen molar-refractivity contribution < 1.29 is 27.5 Å². The number of rotatable bonds is 6. The molecule has 0 aliphatic heterocycles. The molecule has 28 heavy (non-hydrogen) atoms. The lowest BCUT2D eigenvalue weighted by molar-refractivity contribution is -0.137. The minimum Gasteiger partial charge on any atom is -0.494 e. The van der Waals surface area contributed by atoms with Crippen LogP contribution in [0.3, 0.4) is 0 Å². The minimum atomic E-state index is -4.58. The molecule has 9 heteroatoms. The molecule has 0 bridgehead atoms. The number of anilines is 3. The molecular formula is C19H20F3N3O3. The quantitative estimate of drug-likeness (QED) is 0.688. The fourth-order valence-electron chi connectivity index (χ4n) is 2.47. The zero-order chi connectivity index (χ0) is 20.9. The maximum absolute atomic E-state index is 13.0. The molecule has 1 unspecified atom stereocenters. The van der Waals surface area contributed by atoms with Gasteiger partial charge in [0.2, 0.25) is 11.8 Å². The van der Waals surface area contributed by atoms with Gasteiger partial charge in [0, 0.05) is 18.7 Å². The Bertz CT molecular complexity index is 869. The number of hydrogen-bond acceptors (Lipinski definition) is 4. The lowest BCUT2D eigenvalue weighted by Gasteiger charge is -2.19. The van der Waals surface area contributed by atoms with Crippen LogP contribution >= 0.6 is 0 Å². The number of hydrogen-bond donors (Lipinski definition) is 3. The number of halogens is 3. The Hall–Kier alpha value is -3.23. The van der Waals surface area contributed by atoms with E-state index in [-0.39, 0.29) is 11.6 Å². The normalized spacial score (nSPS) is 12.1.